The molecule has 29 heavy (non-hydrogen) atoms. The average molecular weight is 433 g/mol. The molecule has 0 bridgehead atoms. The van der Waals surface area contributed by atoms with E-state index in [1.54, 1.807) is 23.8 Å². The number of ether oxygens (including phenoxy) is 2. The lowest BCUT2D eigenvalue weighted by molar-refractivity contribution is -0.118. The molecule has 0 aliphatic heterocycles. The van der Waals surface area contributed by atoms with Crippen molar-refractivity contribution in [2.24, 2.45) is 7.05 Å². The van der Waals surface area contributed by atoms with Crippen LogP contribution < -0.4 is 14.8 Å². The summed E-state index contributed by atoms with van der Waals surface area (Å²) in [7, 11) is 3.45. The van der Waals surface area contributed by atoms with Gasteiger partial charge in [0.05, 0.1) is 17.9 Å². The molecule has 0 saturated heterocycles. The summed E-state index contributed by atoms with van der Waals surface area (Å²) in [6, 6.07) is 14.8. The molecule has 1 amide bonds. The van der Waals surface area contributed by atoms with Crippen molar-refractivity contribution >= 4 is 29.3 Å². The second-order valence-electron chi connectivity index (χ2n) is 6.09. The number of rotatable bonds is 9. The van der Waals surface area contributed by atoms with Gasteiger partial charge in [0, 0.05) is 13.6 Å². The first-order valence-electron chi connectivity index (χ1n) is 8.85. The van der Waals surface area contributed by atoms with Crippen molar-refractivity contribution in [3.63, 3.8) is 0 Å². The van der Waals surface area contributed by atoms with Crippen LogP contribution in [0.4, 0.5) is 0 Å². The van der Waals surface area contributed by atoms with Gasteiger partial charge in [-0.25, -0.2) is 0 Å². The normalized spacial score (nSPS) is 10.6. The van der Waals surface area contributed by atoms with E-state index >= 15 is 0 Å². The zero-order valence-corrected chi connectivity index (χ0v) is 17.7. The van der Waals surface area contributed by atoms with Crippen LogP contribution in [0.15, 0.2) is 53.7 Å². The lowest BCUT2D eigenvalue weighted by Crippen LogP contribution is -2.24. The zero-order chi connectivity index (χ0) is 20.6. The number of thioether (sulfide) groups is 1. The highest BCUT2D eigenvalue weighted by Gasteiger charge is 2.12. The minimum absolute atomic E-state index is 0.0883. The summed E-state index contributed by atoms with van der Waals surface area (Å²) in [5.74, 6) is 2.14. The van der Waals surface area contributed by atoms with E-state index in [-0.39, 0.29) is 18.3 Å². The number of benzene rings is 2. The van der Waals surface area contributed by atoms with Crippen molar-refractivity contribution in [2.75, 3.05) is 12.9 Å². The van der Waals surface area contributed by atoms with E-state index in [1.165, 1.54) is 11.8 Å². The first kappa shape index (κ1) is 21.0. The first-order chi connectivity index (χ1) is 14.1. The highest BCUT2D eigenvalue weighted by Crippen LogP contribution is 2.24. The average Bonchev–Trinajstić information content (AvgIpc) is 3.09. The Labute approximate surface area is 178 Å². The van der Waals surface area contributed by atoms with Gasteiger partial charge in [-0.1, -0.05) is 47.6 Å². The van der Waals surface area contributed by atoms with E-state index in [0.717, 1.165) is 11.3 Å². The summed E-state index contributed by atoms with van der Waals surface area (Å²) in [6.45, 7) is 0.669. The molecule has 2 aromatic carbocycles. The molecule has 0 atom stereocenters. The van der Waals surface area contributed by atoms with Gasteiger partial charge in [0.2, 0.25) is 5.91 Å². The molecule has 3 aromatic rings. The second kappa shape index (κ2) is 10.2. The third-order valence-corrected chi connectivity index (χ3v) is 5.41. The number of carbonyl (C=O) groups is 1. The van der Waals surface area contributed by atoms with Gasteiger partial charge in [-0.2, -0.15) is 0 Å². The van der Waals surface area contributed by atoms with Gasteiger partial charge < -0.3 is 19.4 Å². The SMILES string of the molecule is COc1cccc(CNC(=O)CSc2nnc(COc3ccccc3Cl)n2C)c1. The number of hydrogen-bond donors (Lipinski definition) is 1. The molecular formula is C20H21ClN4O3S. The minimum Gasteiger partial charge on any atom is -0.497 e. The highest BCUT2D eigenvalue weighted by atomic mass is 35.5. The topological polar surface area (TPSA) is 78.3 Å². The Kier molecular flexibility index (Phi) is 7.37. The third-order valence-electron chi connectivity index (χ3n) is 4.07. The van der Waals surface area contributed by atoms with Crippen LogP contribution in [0.2, 0.25) is 5.02 Å². The predicted molar refractivity (Wildman–Crippen MR) is 112 cm³/mol. The van der Waals surface area contributed by atoms with E-state index in [4.69, 9.17) is 21.1 Å². The molecule has 0 radical (unpaired) electrons. The molecule has 7 nitrogen and oxygen atoms in total. The molecule has 152 valence electrons. The fourth-order valence-corrected chi connectivity index (χ4v) is 3.41. The molecule has 0 spiro atoms. The van der Waals surface area contributed by atoms with E-state index in [2.05, 4.69) is 15.5 Å². The van der Waals surface area contributed by atoms with Gasteiger partial charge in [0.1, 0.15) is 18.1 Å². The lowest BCUT2D eigenvalue weighted by atomic mass is 10.2. The molecule has 0 unspecified atom stereocenters. The van der Waals surface area contributed by atoms with Gasteiger partial charge in [-0.05, 0) is 29.8 Å². The van der Waals surface area contributed by atoms with Crippen LogP contribution in [0, 0.1) is 0 Å². The van der Waals surface area contributed by atoms with Crippen LogP contribution in [0.5, 0.6) is 11.5 Å². The second-order valence-corrected chi connectivity index (χ2v) is 7.44. The number of hydrogen-bond acceptors (Lipinski definition) is 6. The van der Waals surface area contributed by atoms with Crippen LogP contribution >= 0.6 is 23.4 Å². The van der Waals surface area contributed by atoms with Crippen LogP contribution in [0.25, 0.3) is 0 Å². The molecule has 3 rings (SSSR count). The van der Waals surface area contributed by atoms with Crippen LogP contribution in [0.3, 0.4) is 0 Å². The van der Waals surface area contributed by atoms with Crippen molar-refractivity contribution in [3.05, 3.63) is 64.9 Å². The van der Waals surface area contributed by atoms with Crippen LogP contribution in [-0.2, 0) is 25.0 Å². The largest absolute Gasteiger partial charge is 0.497 e. The fourth-order valence-electron chi connectivity index (χ4n) is 2.46. The maximum Gasteiger partial charge on any atom is 0.230 e. The van der Waals surface area contributed by atoms with E-state index < -0.39 is 0 Å². The van der Waals surface area contributed by atoms with Crippen molar-refractivity contribution < 1.29 is 14.3 Å². The van der Waals surface area contributed by atoms with E-state index in [1.807, 2.05) is 43.4 Å². The Bertz CT molecular complexity index is 980. The molecule has 9 heteroatoms. The Balaban J connectivity index is 1.48. The molecule has 0 aliphatic carbocycles. The Hall–Kier alpha value is -2.71. The van der Waals surface area contributed by atoms with E-state index in [0.29, 0.717) is 28.3 Å². The summed E-state index contributed by atoms with van der Waals surface area (Å²) in [5, 5.41) is 12.3. The van der Waals surface area contributed by atoms with Crippen molar-refractivity contribution in [1.82, 2.24) is 20.1 Å². The number of nitrogens with zero attached hydrogens (tertiary/aromatic N) is 3. The van der Waals surface area contributed by atoms with Gasteiger partial charge in [0.25, 0.3) is 0 Å². The maximum absolute atomic E-state index is 12.2. The monoisotopic (exact) mass is 432 g/mol. The fraction of sp³-hybridized carbons (Fsp3) is 0.250. The van der Waals surface area contributed by atoms with Gasteiger partial charge in [-0.3, -0.25) is 4.79 Å². The number of halogens is 1. The molecular weight excluding hydrogens is 412 g/mol. The smallest absolute Gasteiger partial charge is 0.230 e. The molecule has 0 saturated carbocycles. The minimum atomic E-state index is -0.0883. The van der Waals surface area contributed by atoms with Crippen LogP contribution in [-0.4, -0.2) is 33.5 Å². The summed E-state index contributed by atoms with van der Waals surface area (Å²) >= 11 is 7.40. The number of para-hydroxylation sites is 1. The number of methoxy groups -OCH3 is 1. The molecule has 1 aromatic heterocycles. The molecule has 1 heterocycles. The third kappa shape index (κ3) is 5.88. The number of aromatic nitrogens is 3. The van der Waals surface area contributed by atoms with Crippen molar-refractivity contribution in [3.8, 4) is 11.5 Å². The van der Waals surface area contributed by atoms with Gasteiger partial charge >= 0.3 is 0 Å². The summed E-state index contributed by atoms with van der Waals surface area (Å²) < 4.78 is 12.7. The summed E-state index contributed by atoms with van der Waals surface area (Å²) in [5.41, 5.74) is 0.973. The molecule has 1 N–H and O–H groups in total. The Morgan fingerprint density at radius 2 is 2.03 bits per heavy atom. The lowest BCUT2D eigenvalue weighted by Gasteiger charge is -2.08. The van der Waals surface area contributed by atoms with Gasteiger partial charge in [-0.15, -0.1) is 10.2 Å². The Morgan fingerprint density at radius 1 is 1.21 bits per heavy atom. The highest BCUT2D eigenvalue weighted by molar-refractivity contribution is 7.99. The summed E-state index contributed by atoms with van der Waals surface area (Å²) in [4.78, 5) is 12.2. The summed E-state index contributed by atoms with van der Waals surface area (Å²) in [6.07, 6.45) is 0. The maximum atomic E-state index is 12.2. The van der Waals surface area contributed by atoms with Crippen molar-refractivity contribution in [1.29, 1.82) is 0 Å². The predicted octanol–water partition coefficient (Wildman–Crippen LogP) is 3.46. The first-order valence-corrected chi connectivity index (χ1v) is 10.2. The number of carbonyl (C=O) groups excluding carboxylic acids is 1. The quantitative estimate of drug-likeness (QED) is 0.522. The Morgan fingerprint density at radius 3 is 2.83 bits per heavy atom. The van der Waals surface area contributed by atoms with Crippen LogP contribution in [0.1, 0.15) is 11.4 Å². The molecule has 0 fully saturated rings. The standard InChI is InChI=1S/C20H21ClN4O3S/c1-25-18(12-28-17-9-4-3-8-16(17)21)23-24-20(25)29-13-19(26)22-11-14-6-5-7-15(10-14)27-2/h3-10H,11-13H2,1-2H3,(H,22,26). The number of nitrogens with one attached hydrogen (secondary N) is 1. The number of amides is 1. The molecule has 0 aliphatic rings. The van der Waals surface area contributed by atoms with Crippen molar-refractivity contribution in [2.45, 2.75) is 18.3 Å². The van der Waals surface area contributed by atoms with E-state index in [9.17, 15) is 4.79 Å². The van der Waals surface area contributed by atoms with Gasteiger partial charge in [0.15, 0.2) is 11.0 Å². The zero-order valence-electron chi connectivity index (χ0n) is 16.1.